The van der Waals surface area contributed by atoms with Crippen LogP contribution in [0.1, 0.15) is 25.6 Å². The molecule has 0 atom stereocenters. The van der Waals surface area contributed by atoms with Gasteiger partial charge in [0.05, 0.1) is 18.2 Å². The van der Waals surface area contributed by atoms with Crippen molar-refractivity contribution in [2.75, 3.05) is 0 Å². The second kappa shape index (κ2) is 2.80. The molecule has 0 saturated carbocycles. The number of hydrogen-bond acceptors (Lipinski definition) is 3. The van der Waals surface area contributed by atoms with E-state index >= 15 is 0 Å². The molecule has 0 amide bonds. The normalized spacial score (nSPS) is 11.4. The lowest BCUT2D eigenvalue weighted by atomic mass is 10.4. The molecule has 0 aliphatic rings. The Kier molecular flexibility index (Phi) is 1.76. The van der Waals surface area contributed by atoms with Crippen molar-refractivity contribution in [3.05, 3.63) is 18.2 Å². The SMILES string of the molecule is Cc1cnc2ncn(C(C)C)c2n1. The summed E-state index contributed by atoms with van der Waals surface area (Å²) in [6.07, 6.45) is 3.52. The van der Waals surface area contributed by atoms with E-state index < -0.39 is 0 Å². The van der Waals surface area contributed by atoms with Gasteiger partial charge in [-0.25, -0.2) is 15.0 Å². The van der Waals surface area contributed by atoms with Crippen molar-refractivity contribution >= 4 is 11.3 Å². The van der Waals surface area contributed by atoms with Crippen molar-refractivity contribution < 1.29 is 0 Å². The van der Waals surface area contributed by atoms with E-state index in [1.165, 1.54) is 0 Å². The molecular formula is C9H12N4. The molecule has 0 fully saturated rings. The zero-order valence-corrected chi connectivity index (χ0v) is 8.02. The van der Waals surface area contributed by atoms with E-state index in [4.69, 9.17) is 0 Å². The minimum atomic E-state index is 0.376. The highest BCUT2D eigenvalue weighted by Crippen LogP contribution is 2.13. The molecule has 4 heteroatoms. The van der Waals surface area contributed by atoms with Gasteiger partial charge in [0.15, 0.2) is 11.3 Å². The van der Waals surface area contributed by atoms with Gasteiger partial charge >= 0.3 is 0 Å². The molecule has 13 heavy (non-hydrogen) atoms. The minimum Gasteiger partial charge on any atom is -0.311 e. The average molecular weight is 176 g/mol. The van der Waals surface area contributed by atoms with Crippen LogP contribution in [-0.4, -0.2) is 19.5 Å². The predicted octanol–water partition coefficient (Wildman–Crippen LogP) is 1.72. The van der Waals surface area contributed by atoms with Crippen LogP contribution in [0, 0.1) is 6.92 Å². The summed E-state index contributed by atoms with van der Waals surface area (Å²) >= 11 is 0. The van der Waals surface area contributed by atoms with E-state index in [1.54, 1.807) is 12.5 Å². The van der Waals surface area contributed by atoms with Crippen LogP contribution in [0.5, 0.6) is 0 Å². The highest BCUT2D eigenvalue weighted by Gasteiger charge is 2.07. The summed E-state index contributed by atoms with van der Waals surface area (Å²) in [5, 5.41) is 0. The Morgan fingerprint density at radius 3 is 2.77 bits per heavy atom. The molecule has 0 radical (unpaired) electrons. The van der Waals surface area contributed by atoms with E-state index in [9.17, 15) is 0 Å². The standard InChI is InChI=1S/C9H12N4/c1-6(2)13-5-11-8-9(13)12-7(3)4-10-8/h4-6H,1-3H3. The first-order chi connectivity index (χ1) is 6.18. The van der Waals surface area contributed by atoms with Gasteiger partial charge in [0.1, 0.15) is 0 Å². The highest BCUT2D eigenvalue weighted by molar-refractivity contribution is 5.65. The third-order valence-electron chi connectivity index (χ3n) is 1.96. The molecule has 0 aliphatic carbocycles. The number of hydrogen-bond donors (Lipinski definition) is 0. The summed E-state index contributed by atoms with van der Waals surface area (Å²) in [5.74, 6) is 0. The minimum absolute atomic E-state index is 0.376. The molecule has 0 N–H and O–H groups in total. The molecule has 4 nitrogen and oxygen atoms in total. The second-order valence-electron chi connectivity index (χ2n) is 3.40. The van der Waals surface area contributed by atoms with Gasteiger partial charge in [-0.05, 0) is 20.8 Å². The van der Waals surface area contributed by atoms with E-state index in [0.29, 0.717) is 6.04 Å². The fourth-order valence-electron chi connectivity index (χ4n) is 1.27. The molecule has 2 rings (SSSR count). The number of aryl methyl sites for hydroxylation is 1. The fourth-order valence-corrected chi connectivity index (χ4v) is 1.27. The van der Waals surface area contributed by atoms with Crippen molar-refractivity contribution in [2.45, 2.75) is 26.8 Å². The van der Waals surface area contributed by atoms with Gasteiger partial charge in [0.25, 0.3) is 0 Å². The second-order valence-corrected chi connectivity index (χ2v) is 3.40. The maximum atomic E-state index is 4.39. The molecule has 0 spiro atoms. The Labute approximate surface area is 76.7 Å². The first-order valence-electron chi connectivity index (χ1n) is 4.34. The molecule has 0 aliphatic heterocycles. The first-order valence-corrected chi connectivity index (χ1v) is 4.34. The molecule has 68 valence electrons. The van der Waals surface area contributed by atoms with Gasteiger partial charge in [-0.1, -0.05) is 0 Å². The quantitative estimate of drug-likeness (QED) is 0.664. The molecule has 0 aromatic carbocycles. The molecule has 0 bridgehead atoms. The number of nitrogens with zero attached hydrogens (tertiary/aromatic N) is 4. The van der Waals surface area contributed by atoms with Crippen molar-refractivity contribution in [3.8, 4) is 0 Å². The summed E-state index contributed by atoms with van der Waals surface area (Å²) in [6.45, 7) is 6.14. The van der Waals surface area contributed by atoms with Gasteiger partial charge in [-0.2, -0.15) is 0 Å². The van der Waals surface area contributed by atoms with E-state index in [2.05, 4.69) is 28.8 Å². The monoisotopic (exact) mass is 176 g/mol. The van der Waals surface area contributed by atoms with Crippen molar-refractivity contribution in [3.63, 3.8) is 0 Å². The van der Waals surface area contributed by atoms with Crippen LogP contribution in [0.25, 0.3) is 11.3 Å². The summed E-state index contributed by atoms with van der Waals surface area (Å²) in [5.41, 5.74) is 2.52. The topological polar surface area (TPSA) is 43.6 Å². The van der Waals surface area contributed by atoms with Crippen LogP contribution in [0.4, 0.5) is 0 Å². The average Bonchev–Trinajstić information content (AvgIpc) is 2.46. The number of aromatic nitrogens is 4. The van der Waals surface area contributed by atoms with Crippen LogP contribution in [0.15, 0.2) is 12.5 Å². The Morgan fingerprint density at radius 2 is 2.08 bits per heavy atom. The summed E-state index contributed by atoms with van der Waals surface area (Å²) in [6, 6.07) is 0.376. The van der Waals surface area contributed by atoms with Gasteiger partial charge in [0.2, 0.25) is 0 Å². The third-order valence-corrected chi connectivity index (χ3v) is 1.96. The summed E-state index contributed by atoms with van der Waals surface area (Å²) in [7, 11) is 0. The predicted molar refractivity (Wildman–Crippen MR) is 50.4 cm³/mol. The molecule has 0 saturated heterocycles. The lowest BCUT2D eigenvalue weighted by Gasteiger charge is -2.06. The van der Waals surface area contributed by atoms with Crippen LogP contribution in [-0.2, 0) is 0 Å². The molecule has 2 aromatic rings. The number of fused-ring (bicyclic) bond motifs is 1. The van der Waals surface area contributed by atoms with Gasteiger partial charge in [-0.15, -0.1) is 0 Å². The highest BCUT2D eigenvalue weighted by atomic mass is 15.1. The van der Waals surface area contributed by atoms with Crippen LogP contribution in [0.2, 0.25) is 0 Å². The first kappa shape index (κ1) is 8.16. The number of rotatable bonds is 1. The molecule has 2 aromatic heterocycles. The lowest BCUT2D eigenvalue weighted by molar-refractivity contribution is 0.612. The van der Waals surface area contributed by atoms with Crippen molar-refractivity contribution in [1.29, 1.82) is 0 Å². The molecular weight excluding hydrogens is 164 g/mol. The van der Waals surface area contributed by atoms with Crippen LogP contribution in [0.3, 0.4) is 0 Å². The lowest BCUT2D eigenvalue weighted by Crippen LogP contribution is -2.00. The summed E-state index contributed by atoms with van der Waals surface area (Å²) < 4.78 is 2.02. The van der Waals surface area contributed by atoms with Gasteiger partial charge in [-0.3, -0.25) is 0 Å². The zero-order valence-electron chi connectivity index (χ0n) is 8.02. The van der Waals surface area contributed by atoms with Crippen LogP contribution < -0.4 is 0 Å². The Bertz CT molecular complexity index is 430. The van der Waals surface area contributed by atoms with E-state index in [1.807, 2.05) is 11.5 Å². The fraction of sp³-hybridized carbons (Fsp3) is 0.444. The molecule has 0 unspecified atom stereocenters. The van der Waals surface area contributed by atoms with Gasteiger partial charge in [0, 0.05) is 6.04 Å². The Balaban J connectivity index is 2.71. The van der Waals surface area contributed by atoms with Crippen LogP contribution >= 0.6 is 0 Å². The zero-order chi connectivity index (χ0) is 9.42. The maximum Gasteiger partial charge on any atom is 0.197 e. The Hall–Kier alpha value is -1.45. The smallest absolute Gasteiger partial charge is 0.197 e. The molecule has 2 heterocycles. The Morgan fingerprint density at radius 1 is 1.31 bits per heavy atom. The third kappa shape index (κ3) is 1.28. The van der Waals surface area contributed by atoms with E-state index in [0.717, 1.165) is 17.0 Å². The maximum absolute atomic E-state index is 4.39. The van der Waals surface area contributed by atoms with Crippen molar-refractivity contribution in [2.24, 2.45) is 0 Å². The van der Waals surface area contributed by atoms with Gasteiger partial charge < -0.3 is 4.57 Å². The number of imidazole rings is 1. The van der Waals surface area contributed by atoms with Crippen molar-refractivity contribution in [1.82, 2.24) is 19.5 Å². The largest absolute Gasteiger partial charge is 0.311 e. The van der Waals surface area contributed by atoms with E-state index in [-0.39, 0.29) is 0 Å². The summed E-state index contributed by atoms with van der Waals surface area (Å²) in [4.78, 5) is 12.8.